The lowest BCUT2D eigenvalue weighted by molar-refractivity contribution is -0.385. The number of benzene rings is 3. The van der Waals surface area contributed by atoms with Crippen LogP contribution >= 0.6 is 0 Å². The summed E-state index contributed by atoms with van der Waals surface area (Å²) in [6, 6.07) is 21.0. The van der Waals surface area contributed by atoms with Crippen molar-refractivity contribution in [1.29, 1.82) is 0 Å². The molecule has 6 nitrogen and oxygen atoms in total. The fourth-order valence-electron chi connectivity index (χ4n) is 4.83. The number of nitro groups is 1. The molecule has 3 aromatic carbocycles. The standard InChI is InChI=1S/C26H24N2O4/c1-25(2)22-6-4-5-7-23(22)27-17-19-16-20(28(29)30)10-13-24(19)32-26(25,27)15-14-18-8-11-21(31-3)12-9-18/h4-16H,17H2,1-3H3/b15-14+. The van der Waals surface area contributed by atoms with Crippen molar-refractivity contribution in [2.45, 2.75) is 31.5 Å². The van der Waals surface area contributed by atoms with Gasteiger partial charge in [0.2, 0.25) is 5.72 Å². The van der Waals surface area contributed by atoms with Gasteiger partial charge in [-0.05, 0) is 55.3 Å². The molecular formula is C26H24N2O4. The van der Waals surface area contributed by atoms with E-state index < -0.39 is 5.72 Å². The Bertz CT molecular complexity index is 1230. The first kappa shape index (κ1) is 20.1. The summed E-state index contributed by atoms with van der Waals surface area (Å²) < 4.78 is 12.0. The number of ether oxygens (including phenoxy) is 2. The minimum absolute atomic E-state index is 0.0698. The van der Waals surface area contributed by atoms with Crippen LogP contribution in [0, 0.1) is 10.1 Å². The molecule has 6 heteroatoms. The van der Waals surface area contributed by atoms with Gasteiger partial charge >= 0.3 is 0 Å². The Morgan fingerprint density at radius 3 is 2.56 bits per heavy atom. The molecule has 0 bridgehead atoms. The number of rotatable bonds is 4. The number of anilines is 1. The summed E-state index contributed by atoms with van der Waals surface area (Å²) in [7, 11) is 1.65. The second-order valence-corrected chi connectivity index (χ2v) is 8.68. The zero-order valence-electron chi connectivity index (χ0n) is 18.2. The lowest BCUT2D eigenvalue weighted by Gasteiger charge is -2.48. The minimum atomic E-state index is -0.778. The van der Waals surface area contributed by atoms with E-state index in [0.717, 1.165) is 22.6 Å². The zero-order chi connectivity index (χ0) is 22.5. The summed E-state index contributed by atoms with van der Waals surface area (Å²) in [5.74, 6) is 1.48. The molecule has 2 aliphatic rings. The van der Waals surface area contributed by atoms with E-state index in [1.807, 2.05) is 36.4 Å². The highest BCUT2D eigenvalue weighted by Crippen LogP contribution is 2.56. The van der Waals surface area contributed by atoms with Gasteiger partial charge in [0.25, 0.3) is 5.69 Å². The van der Waals surface area contributed by atoms with Gasteiger partial charge in [-0.2, -0.15) is 0 Å². The number of hydrogen-bond acceptors (Lipinski definition) is 5. The van der Waals surface area contributed by atoms with E-state index in [4.69, 9.17) is 9.47 Å². The Hall–Kier alpha value is -3.80. The van der Waals surface area contributed by atoms with Crippen LogP contribution in [-0.2, 0) is 12.0 Å². The Kier molecular flexibility index (Phi) is 4.48. The molecule has 5 rings (SSSR count). The first-order chi connectivity index (χ1) is 15.4. The molecule has 0 fully saturated rings. The summed E-state index contributed by atoms with van der Waals surface area (Å²) >= 11 is 0. The molecule has 2 aliphatic heterocycles. The fraction of sp³-hybridized carbons (Fsp3) is 0.231. The SMILES string of the molecule is COc1ccc(/C=C/C23Oc4ccc([N+](=O)[O-])cc4CN2c2ccccc2C3(C)C)cc1. The van der Waals surface area contributed by atoms with E-state index in [-0.39, 0.29) is 16.0 Å². The predicted molar refractivity (Wildman–Crippen MR) is 124 cm³/mol. The van der Waals surface area contributed by atoms with Crippen molar-refractivity contribution in [3.63, 3.8) is 0 Å². The summed E-state index contributed by atoms with van der Waals surface area (Å²) in [5.41, 5.74) is 3.02. The van der Waals surface area contributed by atoms with Crippen LogP contribution in [0.4, 0.5) is 11.4 Å². The Balaban J connectivity index is 1.64. The van der Waals surface area contributed by atoms with Gasteiger partial charge < -0.3 is 14.4 Å². The van der Waals surface area contributed by atoms with Gasteiger partial charge in [0.05, 0.1) is 24.0 Å². The summed E-state index contributed by atoms with van der Waals surface area (Å²) in [4.78, 5) is 13.2. The van der Waals surface area contributed by atoms with Crippen molar-refractivity contribution in [2.24, 2.45) is 0 Å². The quantitative estimate of drug-likeness (QED) is 0.394. The van der Waals surface area contributed by atoms with Crippen LogP contribution in [0.3, 0.4) is 0 Å². The molecule has 0 N–H and O–H groups in total. The van der Waals surface area contributed by atoms with E-state index >= 15 is 0 Å². The molecule has 0 radical (unpaired) electrons. The van der Waals surface area contributed by atoms with Crippen LogP contribution < -0.4 is 14.4 Å². The lowest BCUT2D eigenvalue weighted by atomic mass is 9.76. The Morgan fingerprint density at radius 1 is 1.09 bits per heavy atom. The van der Waals surface area contributed by atoms with Gasteiger partial charge in [-0.25, -0.2) is 0 Å². The topological polar surface area (TPSA) is 64.8 Å². The number of para-hydroxylation sites is 1. The number of nitro benzene ring substituents is 1. The average molecular weight is 428 g/mol. The molecule has 0 saturated carbocycles. The highest BCUT2D eigenvalue weighted by molar-refractivity contribution is 5.71. The van der Waals surface area contributed by atoms with Crippen molar-refractivity contribution >= 4 is 17.5 Å². The molecule has 0 saturated heterocycles. The largest absolute Gasteiger partial charge is 0.497 e. The van der Waals surface area contributed by atoms with Gasteiger partial charge in [-0.3, -0.25) is 10.1 Å². The molecular weight excluding hydrogens is 404 g/mol. The maximum Gasteiger partial charge on any atom is 0.270 e. The molecule has 0 amide bonds. The number of non-ortho nitro benzene ring substituents is 1. The molecule has 3 aromatic rings. The van der Waals surface area contributed by atoms with Crippen molar-refractivity contribution in [2.75, 3.05) is 12.0 Å². The maximum atomic E-state index is 11.3. The number of methoxy groups -OCH3 is 1. The van der Waals surface area contributed by atoms with Crippen molar-refractivity contribution < 1.29 is 14.4 Å². The molecule has 0 spiro atoms. The number of nitrogens with zero attached hydrogens (tertiary/aromatic N) is 2. The molecule has 1 atom stereocenters. The van der Waals surface area contributed by atoms with Crippen LogP contribution in [0.15, 0.2) is 72.8 Å². The average Bonchev–Trinajstić information content (AvgIpc) is 3.00. The highest BCUT2D eigenvalue weighted by Gasteiger charge is 2.59. The molecule has 2 heterocycles. The Morgan fingerprint density at radius 2 is 1.84 bits per heavy atom. The zero-order valence-corrected chi connectivity index (χ0v) is 18.2. The van der Waals surface area contributed by atoms with E-state index in [2.05, 4.69) is 43.0 Å². The van der Waals surface area contributed by atoms with E-state index in [1.54, 1.807) is 19.2 Å². The summed E-state index contributed by atoms with van der Waals surface area (Å²) in [6.45, 7) is 4.88. The summed E-state index contributed by atoms with van der Waals surface area (Å²) in [5, 5.41) is 11.3. The third-order valence-corrected chi connectivity index (χ3v) is 6.63. The van der Waals surface area contributed by atoms with Crippen LogP contribution in [0.2, 0.25) is 0 Å². The smallest absolute Gasteiger partial charge is 0.270 e. The second kappa shape index (κ2) is 7.12. The third-order valence-electron chi connectivity index (χ3n) is 6.63. The Labute approximate surface area is 186 Å². The van der Waals surface area contributed by atoms with Gasteiger partial charge in [0, 0.05) is 23.4 Å². The van der Waals surface area contributed by atoms with Crippen LogP contribution in [-0.4, -0.2) is 17.8 Å². The first-order valence-electron chi connectivity index (χ1n) is 10.5. The van der Waals surface area contributed by atoms with E-state index in [9.17, 15) is 10.1 Å². The molecule has 0 aliphatic carbocycles. The lowest BCUT2D eigenvalue weighted by Crippen LogP contribution is -2.60. The number of hydrogen-bond donors (Lipinski definition) is 0. The molecule has 1 unspecified atom stereocenters. The van der Waals surface area contributed by atoms with E-state index in [0.29, 0.717) is 12.3 Å². The van der Waals surface area contributed by atoms with Crippen LogP contribution in [0.5, 0.6) is 11.5 Å². The maximum absolute atomic E-state index is 11.3. The van der Waals surface area contributed by atoms with Crippen molar-refractivity contribution in [1.82, 2.24) is 0 Å². The van der Waals surface area contributed by atoms with Crippen molar-refractivity contribution in [3.8, 4) is 11.5 Å². The molecule has 0 aromatic heterocycles. The third kappa shape index (κ3) is 2.87. The van der Waals surface area contributed by atoms with Gasteiger partial charge in [0.1, 0.15) is 11.5 Å². The van der Waals surface area contributed by atoms with Gasteiger partial charge in [0.15, 0.2) is 0 Å². The fourth-order valence-corrected chi connectivity index (χ4v) is 4.83. The number of fused-ring (bicyclic) bond motifs is 4. The predicted octanol–water partition coefficient (Wildman–Crippen LogP) is 5.70. The van der Waals surface area contributed by atoms with Crippen LogP contribution in [0.25, 0.3) is 6.08 Å². The van der Waals surface area contributed by atoms with Gasteiger partial charge in [-0.1, -0.05) is 36.4 Å². The first-order valence-corrected chi connectivity index (χ1v) is 10.5. The van der Waals surface area contributed by atoms with Crippen molar-refractivity contribution in [3.05, 3.63) is 99.6 Å². The minimum Gasteiger partial charge on any atom is -0.497 e. The monoisotopic (exact) mass is 428 g/mol. The second-order valence-electron chi connectivity index (χ2n) is 8.68. The molecule has 32 heavy (non-hydrogen) atoms. The highest BCUT2D eigenvalue weighted by atomic mass is 16.6. The van der Waals surface area contributed by atoms with E-state index in [1.165, 1.54) is 11.6 Å². The molecule has 162 valence electrons. The van der Waals surface area contributed by atoms with Crippen LogP contribution in [0.1, 0.15) is 30.5 Å². The normalized spacial score (nSPS) is 20.3. The summed E-state index contributed by atoms with van der Waals surface area (Å²) in [6.07, 6.45) is 4.18. The van der Waals surface area contributed by atoms with Gasteiger partial charge in [-0.15, -0.1) is 0 Å².